The van der Waals surface area contributed by atoms with E-state index in [9.17, 15) is 4.79 Å². The number of anilines is 2. The molecule has 0 saturated carbocycles. The van der Waals surface area contributed by atoms with Gasteiger partial charge < -0.3 is 10.7 Å². The normalized spacial score (nSPS) is 10.1. The Kier molecular flexibility index (Phi) is 4.36. The number of benzene rings is 1. The van der Waals surface area contributed by atoms with E-state index in [4.69, 9.17) is 17.4 Å². The van der Waals surface area contributed by atoms with Gasteiger partial charge >= 0.3 is 0 Å². The number of hydrazine groups is 1. The maximum atomic E-state index is 11.9. The summed E-state index contributed by atoms with van der Waals surface area (Å²) in [5.41, 5.74) is 4.00. The third-order valence-electron chi connectivity index (χ3n) is 2.34. The summed E-state index contributed by atoms with van der Waals surface area (Å²) >= 11 is 9.17. The number of rotatable bonds is 3. The van der Waals surface area contributed by atoms with Gasteiger partial charge in [-0.2, -0.15) is 0 Å². The van der Waals surface area contributed by atoms with Gasteiger partial charge in [0.05, 0.1) is 16.9 Å². The van der Waals surface area contributed by atoms with Crippen LogP contribution in [0.25, 0.3) is 0 Å². The number of aromatic nitrogens is 1. The van der Waals surface area contributed by atoms with E-state index < -0.39 is 0 Å². The van der Waals surface area contributed by atoms with E-state index in [0.29, 0.717) is 26.6 Å². The quantitative estimate of drug-likeness (QED) is 0.592. The molecule has 0 bridgehead atoms. The lowest BCUT2D eigenvalue weighted by molar-refractivity contribution is 0.102. The lowest BCUT2D eigenvalue weighted by atomic mass is 10.3. The van der Waals surface area contributed by atoms with Crippen LogP contribution in [0.5, 0.6) is 0 Å². The second kappa shape index (κ2) is 6.01. The van der Waals surface area contributed by atoms with E-state index in [1.807, 2.05) is 0 Å². The highest BCUT2D eigenvalue weighted by atomic mass is 79.9. The van der Waals surface area contributed by atoms with Crippen LogP contribution in [0.15, 0.2) is 41.0 Å². The van der Waals surface area contributed by atoms with E-state index in [-0.39, 0.29) is 5.91 Å². The molecule has 98 valence electrons. The molecule has 0 atom stereocenters. The van der Waals surface area contributed by atoms with Gasteiger partial charge in [-0.05, 0) is 46.3 Å². The predicted octanol–water partition coefficient (Wildman–Crippen LogP) is 3.04. The molecule has 0 fully saturated rings. The average Bonchev–Trinajstić information content (AvgIpc) is 2.43. The second-order valence-corrected chi connectivity index (χ2v) is 4.92. The van der Waals surface area contributed by atoms with Gasteiger partial charge in [0, 0.05) is 10.2 Å². The van der Waals surface area contributed by atoms with Gasteiger partial charge in [0.1, 0.15) is 5.69 Å². The van der Waals surface area contributed by atoms with Gasteiger partial charge in [0.25, 0.3) is 5.91 Å². The van der Waals surface area contributed by atoms with Crippen LogP contribution in [0.1, 0.15) is 10.5 Å². The van der Waals surface area contributed by atoms with Crippen molar-refractivity contribution in [3.63, 3.8) is 0 Å². The van der Waals surface area contributed by atoms with Gasteiger partial charge in [-0.15, -0.1) is 0 Å². The molecular weight excluding hydrogens is 332 g/mol. The number of hydrogen-bond donors (Lipinski definition) is 3. The summed E-state index contributed by atoms with van der Waals surface area (Å²) in [5, 5.41) is 3.30. The number of nitrogen functional groups attached to an aromatic ring is 1. The summed E-state index contributed by atoms with van der Waals surface area (Å²) < 4.78 is 0.711. The molecule has 0 aliphatic carbocycles. The first-order valence-corrected chi connectivity index (χ1v) is 6.46. The van der Waals surface area contributed by atoms with Crippen LogP contribution in [0.3, 0.4) is 0 Å². The van der Waals surface area contributed by atoms with E-state index in [1.165, 1.54) is 6.20 Å². The summed E-state index contributed by atoms with van der Waals surface area (Å²) in [6.45, 7) is 0. The topological polar surface area (TPSA) is 80.0 Å². The number of nitrogens with zero attached hydrogens (tertiary/aromatic N) is 1. The van der Waals surface area contributed by atoms with Crippen molar-refractivity contribution in [1.82, 2.24) is 4.98 Å². The Morgan fingerprint density at radius 1 is 1.26 bits per heavy atom. The number of pyridine rings is 1. The van der Waals surface area contributed by atoms with Crippen molar-refractivity contribution in [2.45, 2.75) is 0 Å². The number of amides is 1. The van der Waals surface area contributed by atoms with Crippen LogP contribution in [-0.2, 0) is 0 Å². The van der Waals surface area contributed by atoms with Crippen molar-refractivity contribution in [2.24, 2.45) is 5.84 Å². The third-order valence-corrected chi connectivity index (χ3v) is 3.55. The minimum absolute atomic E-state index is 0.296. The Morgan fingerprint density at radius 2 is 2.00 bits per heavy atom. The Bertz CT molecular complexity index is 603. The Labute approximate surface area is 123 Å². The third kappa shape index (κ3) is 3.44. The first kappa shape index (κ1) is 13.8. The summed E-state index contributed by atoms with van der Waals surface area (Å²) in [4.78, 5) is 15.9. The zero-order valence-corrected chi connectivity index (χ0v) is 12.0. The van der Waals surface area contributed by atoms with Crippen molar-refractivity contribution < 1.29 is 4.79 Å². The number of carbonyl (C=O) groups is 1. The van der Waals surface area contributed by atoms with Crippen molar-refractivity contribution >= 4 is 44.8 Å². The van der Waals surface area contributed by atoms with Crippen molar-refractivity contribution in [1.29, 1.82) is 0 Å². The smallest absolute Gasteiger partial charge is 0.274 e. The monoisotopic (exact) mass is 340 g/mol. The zero-order chi connectivity index (χ0) is 13.8. The van der Waals surface area contributed by atoms with E-state index in [2.05, 4.69) is 31.7 Å². The summed E-state index contributed by atoms with van der Waals surface area (Å²) in [6.07, 6.45) is 1.48. The number of halogens is 2. The Balaban J connectivity index is 2.13. The van der Waals surface area contributed by atoms with Gasteiger partial charge in [0.2, 0.25) is 0 Å². The van der Waals surface area contributed by atoms with Gasteiger partial charge in [0.15, 0.2) is 0 Å². The fourth-order valence-corrected chi connectivity index (χ4v) is 1.88. The molecule has 0 aliphatic heterocycles. The number of hydrogen-bond acceptors (Lipinski definition) is 4. The summed E-state index contributed by atoms with van der Waals surface area (Å²) in [6, 6.07) is 8.36. The largest absolute Gasteiger partial charge is 0.323 e. The SMILES string of the molecule is NNc1ccc(C(=O)Nc2ccc(Cl)c(Br)c2)nc1. The molecule has 7 heteroatoms. The molecule has 2 rings (SSSR count). The van der Waals surface area contributed by atoms with E-state index in [0.717, 1.165) is 0 Å². The van der Waals surface area contributed by atoms with Crippen LogP contribution >= 0.6 is 27.5 Å². The highest BCUT2D eigenvalue weighted by Crippen LogP contribution is 2.25. The molecule has 0 saturated heterocycles. The molecule has 1 heterocycles. The van der Waals surface area contributed by atoms with Crippen LogP contribution in [-0.4, -0.2) is 10.9 Å². The minimum Gasteiger partial charge on any atom is -0.323 e. The van der Waals surface area contributed by atoms with Crippen molar-refractivity contribution in [3.8, 4) is 0 Å². The number of nitrogens with one attached hydrogen (secondary N) is 2. The maximum Gasteiger partial charge on any atom is 0.274 e. The van der Waals surface area contributed by atoms with Crippen molar-refractivity contribution in [2.75, 3.05) is 10.7 Å². The predicted molar refractivity (Wildman–Crippen MR) is 79.2 cm³/mol. The number of carbonyl (C=O) groups excluding carboxylic acids is 1. The highest BCUT2D eigenvalue weighted by molar-refractivity contribution is 9.10. The van der Waals surface area contributed by atoms with Crippen LogP contribution < -0.4 is 16.6 Å². The van der Waals surface area contributed by atoms with Crippen molar-refractivity contribution in [3.05, 3.63) is 51.7 Å². The van der Waals surface area contributed by atoms with Crippen LogP contribution in [0.2, 0.25) is 5.02 Å². The first-order chi connectivity index (χ1) is 9.10. The molecule has 5 nitrogen and oxygen atoms in total. The molecular formula is C12H10BrClN4O. The van der Waals surface area contributed by atoms with Crippen LogP contribution in [0.4, 0.5) is 11.4 Å². The maximum absolute atomic E-state index is 11.9. The second-order valence-electron chi connectivity index (χ2n) is 3.66. The number of nitrogens with two attached hydrogens (primary N) is 1. The fraction of sp³-hybridized carbons (Fsp3) is 0. The van der Waals surface area contributed by atoms with E-state index in [1.54, 1.807) is 30.3 Å². The first-order valence-electron chi connectivity index (χ1n) is 5.29. The molecule has 1 amide bonds. The Morgan fingerprint density at radius 3 is 2.58 bits per heavy atom. The molecule has 0 aliphatic rings. The molecule has 1 aromatic carbocycles. The molecule has 19 heavy (non-hydrogen) atoms. The Hall–Kier alpha value is -1.63. The summed E-state index contributed by atoms with van der Waals surface area (Å²) in [7, 11) is 0. The summed E-state index contributed by atoms with van der Waals surface area (Å²) in [5.74, 6) is 4.91. The van der Waals surface area contributed by atoms with Gasteiger partial charge in [-0.1, -0.05) is 11.6 Å². The fourth-order valence-electron chi connectivity index (χ4n) is 1.38. The molecule has 4 N–H and O–H groups in total. The highest BCUT2D eigenvalue weighted by Gasteiger charge is 2.08. The lowest BCUT2D eigenvalue weighted by Gasteiger charge is -2.06. The van der Waals surface area contributed by atoms with E-state index >= 15 is 0 Å². The van der Waals surface area contributed by atoms with Gasteiger partial charge in [-0.25, -0.2) is 4.98 Å². The molecule has 0 radical (unpaired) electrons. The van der Waals surface area contributed by atoms with Gasteiger partial charge in [-0.3, -0.25) is 10.6 Å². The average molecular weight is 342 g/mol. The molecule has 0 unspecified atom stereocenters. The molecule has 2 aromatic rings. The lowest BCUT2D eigenvalue weighted by Crippen LogP contribution is -2.14. The minimum atomic E-state index is -0.308. The molecule has 1 aromatic heterocycles. The zero-order valence-electron chi connectivity index (χ0n) is 9.65. The standard InChI is InChI=1S/C12H10BrClN4O/c13-9-5-7(1-3-10(9)14)17-12(19)11-4-2-8(18-15)6-16-11/h1-6,18H,15H2,(H,17,19). The van der Waals surface area contributed by atoms with Crippen LogP contribution in [0, 0.1) is 0 Å². The molecule has 0 spiro atoms.